The molecular weight excluding hydrogens is 228 g/mol. The van der Waals surface area contributed by atoms with Gasteiger partial charge in [0.1, 0.15) is 5.60 Å². The molecule has 0 bridgehead atoms. The van der Waals surface area contributed by atoms with E-state index in [4.69, 9.17) is 0 Å². The first-order valence-corrected chi connectivity index (χ1v) is 6.15. The zero-order valence-corrected chi connectivity index (χ0v) is 11.8. The van der Waals surface area contributed by atoms with Crippen molar-refractivity contribution >= 4 is 5.91 Å². The third kappa shape index (κ3) is 3.81. The second kappa shape index (κ2) is 5.48. The van der Waals surface area contributed by atoms with Crippen LogP contribution in [0.2, 0.25) is 0 Å². The van der Waals surface area contributed by atoms with Gasteiger partial charge in [-0.2, -0.15) is 0 Å². The lowest BCUT2D eigenvalue weighted by molar-refractivity contribution is -0.133. The van der Waals surface area contributed by atoms with Crippen molar-refractivity contribution in [3.05, 3.63) is 29.6 Å². The van der Waals surface area contributed by atoms with Crippen LogP contribution >= 0.6 is 0 Å². The maximum Gasteiger partial charge on any atom is 0.225 e. The standard InChI is InChI=1S/C14H22N2O2/c1-10(2)13(17)16(5)9-11-7-6-8-12(15-11)14(3,4)18/h6-8,10,18H,9H2,1-5H3. The molecule has 1 heterocycles. The first kappa shape index (κ1) is 14.6. The highest BCUT2D eigenvalue weighted by molar-refractivity contribution is 5.77. The number of amides is 1. The number of hydrogen-bond acceptors (Lipinski definition) is 3. The van der Waals surface area contributed by atoms with Gasteiger partial charge in [0.15, 0.2) is 0 Å². The summed E-state index contributed by atoms with van der Waals surface area (Å²) in [7, 11) is 1.76. The molecule has 100 valence electrons. The van der Waals surface area contributed by atoms with Crippen molar-refractivity contribution in [3.8, 4) is 0 Å². The van der Waals surface area contributed by atoms with Crippen LogP contribution in [0.25, 0.3) is 0 Å². The van der Waals surface area contributed by atoms with Gasteiger partial charge in [0.2, 0.25) is 5.91 Å². The maximum absolute atomic E-state index is 11.8. The van der Waals surface area contributed by atoms with Gasteiger partial charge in [-0.3, -0.25) is 9.78 Å². The average Bonchev–Trinajstić information content (AvgIpc) is 2.27. The molecule has 1 aromatic heterocycles. The van der Waals surface area contributed by atoms with E-state index in [1.54, 1.807) is 31.9 Å². The second-order valence-corrected chi connectivity index (χ2v) is 5.42. The fraction of sp³-hybridized carbons (Fsp3) is 0.571. The normalized spacial score (nSPS) is 11.7. The largest absolute Gasteiger partial charge is 0.384 e. The zero-order valence-electron chi connectivity index (χ0n) is 11.8. The van der Waals surface area contributed by atoms with Crippen LogP contribution in [0.15, 0.2) is 18.2 Å². The molecule has 0 saturated carbocycles. The summed E-state index contributed by atoms with van der Waals surface area (Å²) in [6.45, 7) is 7.60. The van der Waals surface area contributed by atoms with Crippen molar-refractivity contribution in [2.24, 2.45) is 5.92 Å². The van der Waals surface area contributed by atoms with Gasteiger partial charge in [-0.1, -0.05) is 19.9 Å². The summed E-state index contributed by atoms with van der Waals surface area (Å²) in [4.78, 5) is 17.8. The molecule has 1 N–H and O–H groups in total. The highest BCUT2D eigenvalue weighted by atomic mass is 16.3. The van der Waals surface area contributed by atoms with Crippen LogP contribution in [-0.4, -0.2) is 27.9 Å². The van der Waals surface area contributed by atoms with Crippen molar-refractivity contribution in [1.29, 1.82) is 0 Å². The summed E-state index contributed by atoms with van der Waals surface area (Å²) in [5.41, 5.74) is 0.438. The topological polar surface area (TPSA) is 53.4 Å². The van der Waals surface area contributed by atoms with E-state index in [2.05, 4.69) is 4.98 Å². The number of carbonyl (C=O) groups is 1. The number of aliphatic hydroxyl groups is 1. The van der Waals surface area contributed by atoms with Crippen LogP contribution in [-0.2, 0) is 16.9 Å². The Kier molecular flexibility index (Phi) is 4.46. The lowest BCUT2D eigenvalue weighted by Gasteiger charge is -2.21. The van der Waals surface area contributed by atoms with E-state index in [1.165, 1.54) is 0 Å². The molecule has 1 rings (SSSR count). The van der Waals surface area contributed by atoms with Crippen LogP contribution in [0.5, 0.6) is 0 Å². The van der Waals surface area contributed by atoms with Gasteiger partial charge < -0.3 is 10.0 Å². The van der Waals surface area contributed by atoms with Gasteiger partial charge in [0, 0.05) is 13.0 Å². The summed E-state index contributed by atoms with van der Waals surface area (Å²) < 4.78 is 0. The van der Waals surface area contributed by atoms with Gasteiger partial charge in [0.05, 0.1) is 17.9 Å². The van der Waals surface area contributed by atoms with Crippen LogP contribution in [0.3, 0.4) is 0 Å². The quantitative estimate of drug-likeness (QED) is 0.888. The molecule has 4 heteroatoms. The Labute approximate surface area is 109 Å². The fourth-order valence-electron chi connectivity index (χ4n) is 1.67. The summed E-state index contributed by atoms with van der Waals surface area (Å²) in [5, 5.41) is 9.90. The third-order valence-corrected chi connectivity index (χ3v) is 2.70. The van der Waals surface area contributed by atoms with Gasteiger partial charge in [-0.25, -0.2) is 0 Å². The molecule has 1 amide bonds. The van der Waals surface area contributed by atoms with Crippen molar-refractivity contribution in [1.82, 2.24) is 9.88 Å². The average molecular weight is 250 g/mol. The molecular formula is C14H22N2O2. The van der Waals surface area contributed by atoms with Gasteiger partial charge >= 0.3 is 0 Å². The number of aromatic nitrogens is 1. The monoisotopic (exact) mass is 250 g/mol. The molecule has 0 atom stereocenters. The molecule has 0 aromatic carbocycles. The van der Waals surface area contributed by atoms with E-state index in [1.807, 2.05) is 26.0 Å². The number of nitrogens with zero attached hydrogens (tertiary/aromatic N) is 2. The number of hydrogen-bond donors (Lipinski definition) is 1. The van der Waals surface area contributed by atoms with Crippen LogP contribution in [0.1, 0.15) is 39.1 Å². The summed E-state index contributed by atoms with van der Waals surface area (Å²) >= 11 is 0. The Balaban J connectivity index is 2.83. The van der Waals surface area contributed by atoms with E-state index in [-0.39, 0.29) is 11.8 Å². The number of pyridine rings is 1. The molecule has 0 aliphatic rings. The molecule has 1 aromatic rings. The number of carbonyl (C=O) groups excluding carboxylic acids is 1. The Morgan fingerprint density at radius 1 is 1.44 bits per heavy atom. The Morgan fingerprint density at radius 3 is 2.56 bits per heavy atom. The molecule has 0 aliphatic heterocycles. The van der Waals surface area contributed by atoms with Crippen molar-refractivity contribution in [3.63, 3.8) is 0 Å². The summed E-state index contributed by atoms with van der Waals surface area (Å²) in [6.07, 6.45) is 0. The summed E-state index contributed by atoms with van der Waals surface area (Å²) in [5.74, 6) is 0.0675. The predicted molar refractivity (Wildman–Crippen MR) is 70.8 cm³/mol. The predicted octanol–water partition coefficient (Wildman–Crippen LogP) is 1.92. The van der Waals surface area contributed by atoms with Gasteiger partial charge in [-0.05, 0) is 26.0 Å². The van der Waals surface area contributed by atoms with Gasteiger partial charge in [0.25, 0.3) is 0 Å². The molecule has 0 saturated heterocycles. The molecule has 18 heavy (non-hydrogen) atoms. The zero-order chi connectivity index (χ0) is 13.9. The second-order valence-electron chi connectivity index (χ2n) is 5.42. The minimum absolute atomic E-state index is 0.0209. The van der Waals surface area contributed by atoms with E-state index >= 15 is 0 Å². The lowest BCUT2D eigenvalue weighted by atomic mass is 10.0. The van der Waals surface area contributed by atoms with Crippen molar-refractivity contribution in [2.45, 2.75) is 39.8 Å². The van der Waals surface area contributed by atoms with Crippen LogP contribution in [0.4, 0.5) is 0 Å². The van der Waals surface area contributed by atoms with Crippen LogP contribution < -0.4 is 0 Å². The molecule has 4 nitrogen and oxygen atoms in total. The fourth-order valence-corrected chi connectivity index (χ4v) is 1.67. The van der Waals surface area contributed by atoms with Crippen molar-refractivity contribution in [2.75, 3.05) is 7.05 Å². The molecule has 0 radical (unpaired) electrons. The minimum atomic E-state index is -0.962. The number of rotatable bonds is 4. The minimum Gasteiger partial charge on any atom is -0.384 e. The Morgan fingerprint density at radius 2 is 2.06 bits per heavy atom. The Bertz CT molecular complexity index is 422. The van der Waals surface area contributed by atoms with E-state index in [9.17, 15) is 9.90 Å². The molecule has 0 aliphatic carbocycles. The highest BCUT2D eigenvalue weighted by Gasteiger charge is 2.19. The SMILES string of the molecule is CC(C)C(=O)N(C)Cc1cccc(C(C)(C)O)n1. The molecule has 0 unspecified atom stereocenters. The maximum atomic E-state index is 11.8. The first-order valence-electron chi connectivity index (χ1n) is 6.15. The van der Waals surface area contributed by atoms with E-state index < -0.39 is 5.60 Å². The molecule has 0 fully saturated rings. The van der Waals surface area contributed by atoms with Crippen molar-refractivity contribution < 1.29 is 9.90 Å². The van der Waals surface area contributed by atoms with Crippen LogP contribution in [0, 0.1) is 5.92 Å². The molecule has 0 spiro atoms. The van der Waals surface area contributed by atoms with E-state index in [0.29, 0.717) is 12.2 Å². The first-order chi connectivity index (χ1) is 8.21. The lowest BCUT2D eigenvalue weighted by Crippen LogP contribution is -2.30. The summed E-state index contributed by atoms with van der Waals surface area (Å²) in [6, 6.07) is 5.50. The Hall–Kier alpha value is -1.42. The van der Waals surface area contributed by atoms with E-state index in [0.717, 1.165) is 5.69 Å². The smallest absolute Gasteiger partial charge is 0.225 e. The highest BCUT2D eigenvalue weighted by Crippen LogP contribution is 2.17. The van der Waals surface area contributed by atoms with Gasteiger partial charge in [-0.15, -0.1) is 0 Å². The third-order valence-electron chi connectivity index (χ3n) is 2.70.